The minimum Gasteiger partial charge on any atom is -0.481 e. The Bertz CT molecular complexity index is 998. The number of anilines is 2. The first-order chi connectivity index (χ1) is 13.6. The molecule has 1 fully saturated rings. The van der Waals surface area contributed by atoms with Crippen LogP contribution in [0.2, 0.25) is 0 Å². The smallest absolute Gasteiger partial charge is 0.303 e. The van der Waals surface area contributed by atoms with Crippen molar-refractivity contribution in [2.24, 2.45) is 0 Å². The standard InChI is InChI=1S/C22H22N4O2/c1-14-10-17(16-4-5-18(24-13-16)6-7-21(27)28)12-19(11-14)25-22-23-9-8-20(26-22)15-2-3-15/h4-5,8-13,15H,2-3,6-7H2,1H3,(H,27,28)(H,23,25,26). The first-order valence-electron chi connectivity index (χ1n) is 9.45. The maximum absolute atomic E-state index is 10.7. The van der Waals surface area contributed by atoms with Crippen LogP contribution >= 0.6 is 0 Å². The molecular formula is C22H22N4O2. The zero-order valence-corrected chi connectivity index (χ0v) is 15.7. The number of hydrogen-bond donors (Lipinski definition) is 2. The van der Waals surface area contributed by atoms with Crippen LogP contribution in [-0.4, -0.2) is 26.0 Å². The molecule has 4 rings (SSSR count). The van der Waals surface area contributed by atoms with E-state index in [0.717, 1.165) is 33.8 Å². The van der Waals surface area contributed by atoms with Gasteiger partial charge in [-0.15, -0.1) is 0 Å². The lowest BCUT2D eigenvalue weighted by Gasteiger charge is -2.10. The van der Waals surface area contributed by atoms with E-state index < -0.39 is 5.97 Å². The third kappa shape index (κ3) is 4.52. The molecule has 2 aromatic heterocycles. The van der Waals surface area contributed by atoms with Crippen molar-refractivity contribution in [3.63, 3.8) is 0 Å². The van der Waals surface area contributed by atoms with Gasteiger partial charge in [-0.3, -0.25) is 9.78 Å². The average Bonchev–Trinajstić information content (AvgIpc) is 3.52. The number of nitrogens with one attached hydrogen (secondary N) is 1. The third-order valence-electron chi connectivity index (χ3n) is 4.76. The van der Waals surface area contributed by atoms with Gasteiger partial charge in [0.2, 0.25) is 5.95 Å². The van der Waals surface area contributed by atoms with Gasteiger partial charge in [0.25, 0.3) is 0 Å². The molecule has 0 unspecified atom stereocenters. The first-order valence-corrected chi connectivity index (χ1v) is 9.45. The second-order valence-corrected chi connectivity index (χ2v) is 7.22. The summed E-state index contributed by atoms with van der Waals surface area (Å²) >= 11 is 0. The minimum atomic E-state index is -0.812. The van der Waals surface area contributed by atoms with E-state index in [2.05, 4.69) is 32.4 Å². The summed E-state index contributed by atoms with van der Waals surface area (Å²) in [6, 6.07) is 12.1. The molecule has 0 radical (unpaired) electrons. The van der Waals surface area contributed by atoms with E-state index in [1.54, 1.807) is 12.4 Å². The molecule has 1 aliphatic rings. The molecule has 2 heterocycles. The molecular weight excluding hydrogens is 352 g/mol. The fourth-order valence-electron chi connectivity index (χ4n) is 3.17. The molecule has 3 aromatic rings. The summed E-state index contributed by atoms with van der Waals surface area (Å²) in [7, 11) is 0. The molecule has 6 heteroatoms. The molecule has 0 amide bonds. The van der Waals surface area contributed by atoms with Crippen molar-refractivity contribution >= 4 is 17.6 Å². The maximum Gasteiger partial charge on any atom is 0.303 e. The van der Waals surface area contributed by atoms with Gasteiger partial charge in [0.1, 0.15) is 0 Å². The fraction of sp³-hybridized carbons (Fsp3) is 0.273. The summed E-state index contributed by atoms with van der Waals surface area (Å²) in [5.41, 5.74) is 5.96. The highest BCUT2D eigenvalue weighted by atomic mass is 16.4. The predicted octanol–water partition coefficient (Wildman–Crippen LogP) is 4.49. The Labute approximate surface area is 163 Å². The lowest BCUT2D eigenvalue weighted by atomic mass is 10.0. The van der Waals surface area contributed by atoms with Crippen molar-refractivity contribution in [3.05, 3.63) is 65.7 Å². The first kappa shape index (κ1) is 18.1. The van der Waals surface area contributed by atoms with E-state index in [0.29, 0.717) is 18.3 Å². The number of pyridine rings is 1. The van der Waals surface area contributed by atoms with E-state index in [4.69, 9.17) is 5.11 Å². The van der Waals surface area contributed by atoms with Crippen LogP contribution in [0, 0.1) is 6.92 Å². The Kier molecular flexibility index (Phi) is 5.02. The van der Waals surface area contributed by atoms with Crippen LogP contribution in [0.1, 0.15) is 42.1 Å². The number of carbonyl (C=O) groups is 1. The van der Waals surface area contributed by atoms with E-state index in [1.807, 2.05) is 31.2 Å². The van der Waals surface area contributed by atoms with Gasteiger partial charge in [0.05, 0.1) is 6.42 Å². The summed E-state index contributed by atoms with van der Waals surface area (Å²) < 4.78 is 0. The molecule has 0 aliphatic heterocycles. The monoisotopic (exact) mass is 374 g/mol. The number of carboxylic acids is 1. The number of nitrogens with zero attached hydrogens (tertiary/aromatic N) is 3. The van der Waals surface area contributed by atoms with Gasteiger partial charge in [-0.2, -0.15) is 0 Å². The zero-order chi connectivity index (χ0) is 19.5. The minimum absolute atomic E-state index is 0.0881. The van der Waals surface area contributed by atoms with Crippen LogP contribution in [0.5, 0.6) is 0 Å². The van der Waals surface area contributed by atoms with Crippen molar-refractivity contribution in [2.75, 3.05) is 5.32 Å². The SMILES string of the molecule is Cc1cc(Nc2nccc(C3CC3)n2)cc(-c2ccc(CCC(=O)O)nc2)c1. The number of aryl methyl sites for hydroxylation is 2. The molecule has 6 nitrogen and oxygen atoms in total. The van der Waals surface area contributed by atoms with Crippen molar-refractivity contribution in [2.45, 2.75) is 38.5 Å². The summed E-state index contributed by atoms with van der Waals surface area (Å²) in [5.74, 6) is 0.388. The maximum atomic E-state index is 10.7. The number of rotatable bonds is 7. The largest absolute Gasteiger partial charge is 0.481 e. The molecule has 0 saturated heterocycles. The van der Waals surface area contributed by atoms with E-state index in [1.165, 1.54) is 12.8 Å². The Hall–Kier alpha value is -3.28. The fourth-order valence-corrected chi connectivity index (χ4v) is 3.17. The molecule has 28 heavy (non-hydrogen) atoms. The normalized spacial score (nSPS) is 13.3. The number of hydrogen-bond acceptors (Lipinski definition) is 5. The van der Waals surface area contributed by atoms with Gasteiger partial charge in [-0.05, 0) is 55.2 Å². The molecule has 0 atom stereocenters. The van der Waals surface area contributed by atoms with Crippen LogP contribution in [0.4, 0.5) is 11.6 Å². The Morgan fingerprint density at radius 1 is 1.14 bits per heavy atom. The van der Waals surface area contributed by atoms with Crippen LogP contribution in [0.3, 0.4) is 0 Å². The van der Waals surface area contributed by atoms with Gasteiger partial charge in [0, 0.05) is 47.4 Å². The molecule has 0 spiro atoms. The molecule has 2 N–H and O–H groups in total. The van der Waals surface area contributed by atoms with Gasteiger partial charge >= 0.3 is 5.97 Å². The lowest BCUT2D eigenvalue weighted by molar-refractivity contribution is -0.136. The van der Waals surface area contributed by atoms with E-state index >= 15 is 0 Å². The molecule has 1 saturated carbocycles. The Morgan fingerprint density at radius 2 is 2.00 bits per heavy atom. The summed E-state index contributed by atoms with van der Waals surface area (Å²) in [6.07, 6.45) is 6.54. The summed E-state index contributed by atoms with van der Waals surface area (Å²) in [6.45, 7) is 2.05. The topological polar surface area (TPSA) is 88.0 Å². The Balaban J connectivity index is 1.53. The van der Waals surface area contributed by atoms with Gasteiger partial charge in [0.15, 0.2) is 0 Å². The highest BCUT2D eigenvalue weighted by Gasteiger charge is 2.25. The van der Waals surface area contributed by atoms with E-state index in [9.17, 15) is 4.79 Å². The second-order valence-electron chi connectivity index (χ2n) is 7.22. The summed E-state index contributed by atoms with van der Waals surface area (Å²) in [5, 5.41) is 12.1. The highest BCUT2D eigenvalue weighted by Crippen LogP contribution is 2.39. The average molecular weight is 374 g/mol. The number of carboxylic acid groups (broad SMARTS) is 1. The molecule has 1 aliphatic carbocycles. The van der Waals surface area contributed by atoms with Crippen molar-refractivity contribution < 1.29 is 9.90 Å². The summed E-state index contributed by atoms with van der Waals surface area (Å²) in [4.78, 5) is 24.1. The third-order valence-corrected chi connectivity index (χ3v) is 4.76. The number of aliphatic carboxylic acids is 1. The molecule has 0 bridgehead atoms. The predicted molar refractivity (Wildman–Crippen MR) is 108 cm³/mol. The van der Waals surface area contributed by atoms with Crippen molar-refractivity contribution in [1.29, 1.82) is 0 Å². The number of aromatic nitrogens is 3. The van der Waals surface area contributed by atoms with Gasteiger partial charge in [-0.1, -0.05) is 12.1 Å². The van der Waals surface area contributed by atoms with Crippen LogP contribution in [-0.2, 0) is 11.2 Å². The quantitative estimate of drug-likeness (QED) is 0.634. The van der Waals surface area contributed by atoms with Crippen molar-refractivity contribution in [3.8, 4) is 11.1 Å². The van der Waals surface area contributed by atoms with Crippen LogP contribution < -0.4 is 5.32 Å². The second kappa shape index (κ2) is 7.76. The van der Waals surface area contributed by atoms with Gasteiger partial charge in [-0.25, -0.2) is 9.97 Å². The van der Waals surface area contributed by atoms with E-state index in [-0.39, 0.29) is 6.42 Å². The Morgan fingerprint density at radius 3 is 2.71 bits per heavy atom. The molecule has 1 aromatic carbocycles. The van der Waals surface area contributed by atoms with Crippen LogP contribution in [0.15, 0.2) is 48.8 Å². The molecule has 142 valence electrons. The number of benzene rings is 1. The zero-order valence-electron chi connectivity index (χ0n) is 15.7. The van der Waals surface area contributed by atoms with Crippen LogP contribution in [0.25, 0.3) is 11.1 Å². The van der Waals surface area contributed by atoms with Gasteiger partial charge < -0.3 is 10.4 Å². The lowest BCUT2D eigenvalue weighted by Crippen LogP contribution is -2.00. The van der Waals surface area contributed by atoms with Crippen molar-refractivity contribution in [1.82, 2.24) is 15.0 Å². The highest BCUT2D eigenvalue weighted by molar-refractivity contribution is 5.70.